The molecular weight excluding hydrogens is 314 g/mol. The molecule has 1 aliphatic rings. The Balaban J connectivity index is 2.09. The minimum absolute atomic E-state index is 0.295. The summed E-state index contributed by atoms with van der Waals surface area (Å²) in [6, 6.07) is 11.6. The zero-order valence-corrected chi connectivity index (χ0v) is 14.2. The molecule has 0 bridgehead atoms. The molecule has 22 heavy (non-hydrogen) atoms. The summed E-state index contributed by atoms with van der Waals surface area (Å²) in [5.41, 5.74) is 3.39. The SMILES string of the molecule is CN(C)CC/C=C1\c2cc(O)ccc2Sc2ccc(Cl)cc21. The fraction of sp³-hybridized carbons (Fsp3) is 0.222. The molecule has 1 heterocycles. The van der Waals surface area contributed by atoms with Crippen molar-refractivity contribution in [3.05, 3.63) is 58.6 Å². The lowest BCUT2D eigenvalue weighted by atomic mass is 9.96. The minimum Gasteiger partial charge on any atom is -0.508 e. The molecule has 1 N–H and O–H groups in total. The second kappa shape index (κ2) is 6.37. The molecule has 2 nitrogen and oxygen atoms in total. The van der Waals surface area contributed by atoms with Crippen molar-refractivity contribution in [2.45, 2.75) is 16.2 Å². The second-order valence-electron chi connectivity index (χ2n) is 5.63. The van der Waals surface area contributed by atoms with E-state index < -0.39 is 0 Å². The Labute approximate surface area is 140 Å². The molecule has 0 saturated carbocycles. The average molecular weight is 332 g/mol. The maximum absolute atomic E-state index is 9.85. The molecule has 0 atom stereocenters. The molecular formula is C18H18ClNOS. The van der Waals surface area contributed by atoms with Gasteiger partial charge in [-0.15, -0.1) is 0 Å². The fourth-order valence-electron chi connectivity index (χ4n) is 2.57. The van der Waals surface area contributed by atoms with Crippen molar-refractivity contribution in [3.8, 4) is 5.75 Å². The number of rotatable bonds is 3. The number of nitrogens with zero attached hydrogens (tertiary/aromatic N) is 1. The lowest BCUT2D eigenvalue weighted by molar-refractivity contribution is 0.417. The van der Waals surface area contributed by atoms with Crippen LogP contribution in [0.15, 0.2) is 52.3 Å². The van der Waals surface area contributed by atoms with Crippen LogP contribution in [0.2, 0.25) is 5.02 Å². The van der Waals surface area contributed by atoms with Crippen LogP contribution in [0.1, 0.15) is 17.5 Å². The van der Waals surface area contributed by atoms with Gasteiger partial charge in [0.25, 0.3) is 0 Å². The van der Waals surface area contributed by atoms with Crippen LogP contribution in [-0.2, 0) is 0 Å². The molecule has 4 heteroatoms. The molecule has 0 aliphatic carbocycles. The van der Waals surface area contributed by atoms with E-state index >= 15 is 0 Å². The summed E-state index contributed by atoms with van der Waals surface area (Å²) < 4.78 is 0. The molecule has 0 aromatic heterocycles. The third-order valence-corrected chi connectivity index (χ3v) is 5.02. The third-order valence-electron chi connectivity index (χ3n) is 3.63. The number of hydrogen-bond donors (Lipinski definition) is 1. The number of aromatic hydroxyl groups is 1. The Morgan fingerprint density at radius 3 is 2.50 bits per heavy atom. The lowest BCUT2D eigenvalue weighted by Crippen LogP contribution is -2.12. The summed E-state index contributed by atoms with van der Waals surface area (Å²) in [6.07, 6.45) is 3.20. The molecule has 0 radical (unpaired) electrons. The largest absolute Gasteiger partial charge is 0.508 e. The van der Waals surface area contributed by atoms with E-state index in [1.54, 1.807) is 17.8 Å². The summed E-state index contributed by atoms with van der Waals surface area (Å²) in [5, 5.41) is 10.6. The molecule has 3 rings (SSSR count). The highest BCUT2D eigenvalue weighted by atomic mass is 35.5. The van der Waals surface area contributed by atoms with E-state index in [0.717, 1.165) is 34.7 Å². The average Bonchev–Trinajstić information content (AvgIpc) is 2.47. The maximum Gasteiger partial charge on any atom is 0.116 e. The molecule has 0 amide bonds. The Morgan fingerprint density at radius 1 is 1.09 bits per heavy atom. The van der Waals surface area contributed by atoms with E-state index in [1.165, 1.54) is 9.79 Å². The molecule has 1 aliphatic heterocycles. The van der Waals surface area contributed by atoms with Crippen molar-refractivity contribution in [1.82, 2.24) is 4.90 Å². The van der Waals surface area contributed by atoms with Gasteiger partial charge in [-0.3, -0.25) is 0 Å². The van der Waals surface area contributed by atoms with Crippen LogP contribution in [-0.4, -0.2) is 30.6 Å². The van der Waals surface area contributed by atoms with Crippen LogP contribution in [0, 0.1) is 0 Å². The highest BCUT2D eigenvalue weighted by molar-refractivity contribution is 7.99. The van der Waals surface area contributed by atoms with E-state index in [2.05, 4.69) is 31.1 Å². The zero-order valence-electron chi connectivity index (χ0n) is 12.6. The van der Waals surface area contributed by atoms with E-state index in [-0.39, 0.29) is 0 Å². The van der Waals surface area contributed by atoms with Gasteiger partial charge in [0.15, 0.2) is 0 Å². The van der Waals surface area contributed by atoms with Gasteiger partial charge in [-0.25, -0.2) is 0 Å². The van der Waals surface area contributed by atoms with E-state index in [1.807, 2.05) is 24.3 Å². The summed E-state index contributed by atoms with van der Waals surface area (Å²) in [6.45, 7) is 0.987. The summed E-state index contributed by atoms with van der Waals surface area (Å²) in [5.74, 6) is 0.295. The monoisotopic (exact) mass is 331 g/mol. The van der Waals surface area contributed by atoms with Gasteiger partial charge in [-0.1, -0.05) is 29.4 Å². The van der Waals surface area contributed by atoms with Crippen LogP contribution >= 0.6 is 23.4 Å². The van der Waals surface area contributed by atoms with Crippen LogP contribution in [0.4, 0.5) is 0 Å². The maximum atomic E-state index is 9.85. The molecule has 0 spiro atoms. The number of fused-ring (bicyclic) bond motifs is 2. The molecule has 114 valence electrons. The molecule has 2 aromatic carbocycles. The van der Waals surface area contributed by atoms with Crippen molar-refractivity contribution < 1.29 is 5.11 Å². The van der Waals surface area contributed by atoms with Crippen molar-refractivity contribution in [3.63, 3.8) is 0 Å². The first-order chi connectivity index (χ1) is 10.5. The van der Waals surface area contributed by atoms with Gasteiger partial charge >= 0.3 is 0 Å². The number of benzene rings is 2. The molecule has 2 aromatic rings. The second-order valence-corrected chi connectivity index (χ2v) is 7.15. The summed E-state index contributed by atoms with van der Waals surface area (Å²) >= 11 is 7.91. The normalized spacial score (nSPS) is 15.0. The Hall–Kier alpha value is -1.42. The van der Waals surface area contributed by atoms with Gasteiger partial charge in [0.05, 0.1) is 0 Å². The molecule has 0 fully saturated rings. The first-order valence-electron chi connectivity index (χ1n) is 7.20. The quantitative estimate of drug-likeness (QED) is 0.739. The zero-order chi connectivity index (χ0) is 15.7. The van der Waals surface area contributed by atoms with E-state index in [0.29, 0.717) is 5.75 Å². The smallest absolute Gasteiger partial charge is 0.116 e. The summed E-state index contributed by atoms with van der Waals surface area (Å²) in [7, 11) is 4.14. The molecule has 0 unspecified atom stereocenters. The minimum atomic E-state index is 0.295. The van der Waals surface area contributed by atoms with Gasteiger partial charge in [0, 0.05) is 21.4 Å². The van der Waals surface area contributed by atoms with Crippen molar-refractivity contribution in [1.29, 1.82) is 0 Å². The van der Waals surface area contributed by atoms with E-state index in [4.69, 9.17) is 11.6 Å². The summed E-state index contributed by atoms with van der Waals surface area (Å²) in [4.78, 5) is 4.54. The van der Waals surface area contributed by atoms with Crippen molar-refractivity contribution >= 4 is 28.9 Å². The Morgan fingerprint density at radius 2 is 1.77 bits per heavy atom. The fourth-order valence-corrected chi connectivity index (χ4v) is 3.81. The van der Waals surface area contributed by atoms with Crippen LogP contribution in [0.25, 0.3) is 5.57 Å². The van der Waals surface area contributed by atoms with Crippen LogP contribution < -0.4 is 0 Å². The van der Waals surface area contributed by atoms with Crippen molar-refractivity contribution in [2.24, 2.45) is 0 Å². The first kappa shape index (κ1) is 15.5. The van der Waals surface area contributed by atoms with Gasteiger partial charge in [0.1, 0.15) is 5.75 Å². The number of phenols is 1. The third kappa shape index (κ3) is 3.17. The molecule has 0 saturated heterocycles. The Kier molecular flexibility index (Phi) is 4.48. The lowest BCUT2D eigenvalue weighted by Gasteiger charge is -2.23. The van der Waals surface area contributed by atoms with Gasteiger partial charge in [0.2, 0.25) is 0 Å². The van der Waals surface area contributed by atoms with Crippen LogP contribution in [0.3, 0.4) is 0 Å². The van der Waals surface area contributed by atoms with Crippen LogP contribution in [0.5, 0.6) is 5.75 Å². The topological polar surface area (TPSA) is 23.5 Å². The highest BCUT2D eigenvalue weighted by Gasteiger charge is 2.21. The van der Waals surface area contributed by atoms with Gasteiger partial charge in [-0.05, 0) is 73.6 Å². The Bertz CT molecular complexity index is 686. The van der Waals surface area contributed by atoms with Crippen molar-refractivity contribution in [2.75, 3.05) is 20.6 Å². The standard InChI is InChI=1S/C18H18ClNOS/c1-20(2)9-3-4-14-15-10-12(19)5-7-17(15)22-18-8-6-13(21)11-16(14)18/h4-8,10-11,21H,3,9H2,1-2H3/b14-4-. The predicted octanol–water partition coefficient (Wildman–Crippen LogP) is 4.89. The number of phenolic OH excluding ortho intramolecular Hbond substituents is 1. The highest BCUT2D eigenvalue weighted by Crippen LogP contribution is 2.47. The van der Waals surface area contributed by atoms with E-state index in [9.17, 15) is 5.11 Å². The number of hydrogen-bond acceptors (Lipinski definition) is 3. The predicted molar refractivity (Wildman–Crippen MR) is 93.9 cm³/mol. The van der Waals surface area contributed by atoms with Gasteiger partial charge < -0.3 is 10.0 Å². The van der Waals surface area contributed by atoms with Gasteiger partial charge in [-0.2, -0.15) is 0 Å². The number of halogens is 1. The first-order valence-corrected chi connectivity index (χ1v) is 8.40.